The summed E-state index contributed by atoms with van der Waals surface area (Å²) < 4.78 is 0. The van der Waals surface area contributed by atoms with Crippen LogP contribution in [0.4, 0.5) is 5.69 Å². The van der Waals surface area contributed by atoms with Crippen LogP contribution < -0.4 is 15.5 Å². The molecule has 1 fully saturated rings. The Kier molecular flexibility index (Phi) is 5.87. The largest absolute Gasteiger partial charge is 0.349 e. The highest BCUT2D eigenvalue weighted by Crippen LogP contribution is 2.27. The number of hydrogen-bond donors (Lipinski definition) is 2. The van der Waals surface area contributed by atoms with Gasteiger partial charge in [0.2, 0.25) is 5.91 Å². The Hall–Kier alpha value is -2.14. The molecule has 3 rings (SSSR count). The van der Waals surface area contributed by atoms with Crippen LogP contribution in [0, 0.1) is 0 Å². The number of hydrogen-bond acceptors (Lipinski definition) is 3. The fraction of sp³-hybridized carbons (Fsp3) is 0.500. The average Bonchev–Trinajstić information content (AvgIpc) is 3.09. The fourth-order valence-corrected chi connectivity index (χ4v) is 3.50. The molecule has 134 valence electrons. The van der Waals surface area contributed by atoms with Gasteiger partial charge in [0.25, 0.3) is 5.91 Å². The second-order valence-corrected chi connectivity index (χ2v) is 6.75. The predicted octanol–water partition coefficient (Wildman–Crippen LogP) is 2.17. The molecule has 2 heterocycles. The van der Waals surface area contributed by atoms with Gasteiger partial charge in [0.15, 0.2) is 0 Å². The van der Waals surface area contributed by atoms with E-state index in [1.165, 1.54) is 5.56 Å². The van der Waals surface area contributed by atoms with Crippen molar-refractivity contribution in [1.82, 2.24) is 10.6 Å². The van der Waals surface area contributed by atoms with Crippen molar-refractivity contribution in [2.75, 3.05) is 18.0 Å². The number of carbonyl (C=O) groups is 2. The quantitative estimate of drug-likeness (QED) is 0.807. The Morgan fingerprint density at radius 1 is 1.36 bits per heavy atom. The molecule has 0 bridgehead atoms. The first-order valence-electron chi connectivity index (χ1n) is 9.30. The lowest BCUT2D eigenvalue weighted by Gasteiger charge is -2.24. The summed E-state index contributed by atoms with van der Waals surface area (Å²) in [5.74, 6) is 0.0172. The maximum Gasteiger partial charge on any atom is 0.250 e. The van der Waals surface area contributed by atoms with Crippen LogP contribution in [0.25, 0.3) is 0 Å². The summed E-state index contributed by atoms with van der Waals surface area (Å²) >= 11 is 0. The molecule has 0 saturated carbocycles. The predicted molar refractivity (Wildman–Crippen MR) is 99.5 cm³/mol. The van der Waals surface area contributed by atoms with Gasteiger partial charge in [-0.15, -0.1) is 0 Å². The van der Waals surface area contributed by atoms with E-state index in [4.69, 9.17) is 0 Å². The summed E-state index contributed by atoms with van der Waals surface area (Å²) in [7, 11) is 0. The van der Waals surface area contributed by atoms with Gasteiger partial charge in [0.05, 0.1) is 6.04 Å². The van der Waals surface area contributed by atoms with Crippen LogP contribution >= 0.6 is 0 Å². The minimum atomic E-state index is -0.113. The molecule has 0 radical (unpaired) electrons. The minimum absolute atomic E-state index is 0.0200. The molecular weight excluding hydrogens is 314 g/mol. The highest BCUT2D eigenvalue weighted by molar-refractivity contribution is 6.03. The number of nitrogens with zero attached hydrogens (tertiary/aromatic N) is 1. The summed E-state index contributed by atoms with van der Waals surface area (Å²) in [6.07, 6.45) is 8.19. The van der Waals surface area contributed by atoms with Gasteiger partial charge in [0.1, 0.15) is 0 Å². The zero-order chi connectivity index (χ0) is 17.6. The molecule has 5 heteroatoms. The second-order valence-electron chi connectivity index (χ2n) is 6.75. The van der Waals surface area contributed by atoms with E-state index in [-0.39, 0.29) is 23.9 Å². The van der Waals surface area contributed by atoms with Crippen LogP contribution in [0.5, 0.6) is 0 Å². The number of amides is 2. The van der Waals surface area contributed by atoms with Crippen molar-refractivity contribution >= 4 is 17.5 Å². The van der Waals surface area contributed by atoms with Crippen LogP contribution in [0.15, 0.2) is 36.4 Å². The number of para-hydroxylation sites is 1. The fourth-order valence-electron chi connectivity index (χ4n) is 3.50. The maximum absolute atomic E-state index is 12.5. The molecule has 0 aliphatic carbocycles. The molecular formula is C20H27N3O2. The van der Waals surface area contributed by atoms with Gasteiger partial charge in [-0.25, -0.2) is 0 Å². The normalized spacial score (nSPS) is 21.2. The first-order chi connectivity index (χ1) is 12.2. The molecule has 1 aromatic carbocycles. The first-order valence-corrected chi connectivity index (χ1v) is 9.30. The third-order valence-corrected chi connectivity index (χ3v) is 5.02. The highest BCUT2D eigenvalue weighted by atomic mass is 16.2. The molecule has 1 aromatic rings. The molecule has 25 heavy (non-hydrogen) atoms. The molecule has 2 aliphatic heterocycles. The van der Waals surface area contributed by atoms with Crippen molar-refractivity contribution in [1.29, 1.82) is 0 Å². The van der Waals surface area contributed by atoms with Crippen LogP contribution in [-0.4, -0.2) is 37.0 Å². The Labute approximate surface area is 149 Å². The van der Waals surface area contributed by atoms with Gasteiger partial charge in [-0.05, 0) is 43.9 Å². The number of anilines is 1. The lowest BCUT2D eigenvalue weighted by atomic mass is 10.0. The van der Waals surface area contributed by atoms with Crippen molar-refractivity contribution in [3.63, 3.8) is 0 Å². The Morgan fingerprint density at radius 2 is 2.20 bits per heavy atom. The van der Waals surface area contributed by atoms with Crippen molar-refractivity contribution in [2.24, 2.45) is 0 Å². The van der Waals surface area contributed by atoms with Crippen LogP contribution in [0.1, 0.15) is 38.2 Å². The van der Waals surface area contributed by atoms with Gasteiger partial charge in [-0.2, -0.15) is 0 Å². The summed E-state index contributed by atoms with van der Waals surface area (Å²) in [5.41, 5.74) is 2.22. The van der Waals surface area contributed by atoms with Gasteiger partial charge in [0, 0.05) is 24.4 Å². The molecule has 2 amide bonds. The molecule has 0 unspecified atom stereocenters. The summed E-state index contributed by atoms with van der Waals surface area (Å²) in [4.78, 5) is 26.7. The highest BCUT2D eigenvalue weighted by Gasteiger charge is 2.24. The number of fused-ring (bicyclic) bond motifs is 1. The monoisotopic (exact) mass is 341 g/mol. The van der Waals surface area contributed by atoms with Crippen LogP contribution in [0.3, 0.4) is 0 Å². The second kappa shape index (κ2) is 8.30. The zero-order valence-electron chi connectivity index (χ0n) is 14.8. The van der Waals surface area contributed by atoms with Crippen LogP contribution in [0.2, 0.25) is 0 Å². The van der Waals surface area contributed by atoms with E-state index >= 15 is 0 Å². The standard InChI is InChI=1S/C20H27N3O2/c1-2-16(22-20(25)17-8-5-6-13-21-17)10-11-19(24)23-14-12-15-7-3-4-9-18(15)23/h3-4,7,9-11,16-17,21H,2,5-6,8,12-14H2,1H3,(H,22,25)/b11-10+/t16-,17-/m0/s1. The third kappa shape index (κ3) is 4.28. The lowest BCUT2D eigenvalue weighted by Crippen LogP contribution is -2.49. The van der Waals surface area contributed by atoms with Crippen molar-refractivity contribution in [2.45, 2.75) is 51.1 Å². The maximum atomic E-state index is 12.5. The van der Waals surface area contributed by atoms with Crippen molar-refractivity contribution < 1.29 is 9.59 Å². The van der Waals surface area contributed by atoms with E-state index < -0.39 is 0 Å². The van der Waals surface area contributed by atoms with E-state index in [0.717, 1.165) is 50.9 Å². The third-order valence-electron chi connectivity index (χ3n) is 5.02. The Morgan fingerprint density at radius 3 is 2.96 bits per heavy atom. The Bertz CT molecular complexity index is 650. The zero-order valence-corrected chi connectivity index (χ0v) is 14.8. The van der Waals surface area contributed by atoms with Crippen LogP contribution in [-0.2, 0) is 16.0 Å². The average molecular weight is 341 g/mol. The first kappa shape index (κ1) is 17.7. The van der Waals surface area contributed by atoms with Gasteiger partial charge < -0.3 is 15.5 Å². The number of rotatable bonds is 5. The molecule has 1 saturated heterocycles. The summed E-state index contributed by atoms with van der Waals surface area (Å²) in [6.45, 7) is 3.63. The summed E-state index contributed by atoms with van der Waals surface area (Å²) in [5, 5.41) is 6.30. The van der Waals surface area contributed by atoms with E-state index in [2.05, 4.69) is 16.7 Å². The van der Waals surface area contributed by atoms with E-state index in [1.807, 2.05) is 36.1 Å². The summed E-state index contributed by atoms with van der Waals surface area (Å²) in [6, 6.07) is 7.81. The van der Waals surface area contributed by atoms with E-state index in [9.17, 15) is 9.59 Å². The molecule has 0 aromatic heterocycles. The number of nitrogens with one attached hydrogen (secondary N) is 2. The smallest absolute Gasteiger partial charge is 0.250 e. The molecule has 2 atom stereocenters. The van der Waals surface area contributed by atoms with Gasteiger partial charge in [-0.3, -0.25) is 9.59 Å². The Balaban J connectivity index is 1.57. The van der Waals surface area contributed by atoms with Crippen molar-refractivity contribution in [3.8, 4) is 0 Å². The van der Waals surface area contributed by atoms with Gasteiger partial charge >= 0.3 is 0 Å². The van der Waals surface area contributed by atoms with Crippen molar-refractivity contribution in [3.05, 3.63) is 42.0 Å². The SMILES string of the molecule is CC[C@@H](/C=C/C(=O)N1CCc2ccccc21)NC(=O)[C@@H]1CCCCN1. The molecule has 5 nitrogen and oxygen atoms in total. The number of benzene rings is 1. The minimum Gasteiger partial charge on any atom is -0.349 e. The van der Waals surface area contributed by atoms with E-state index in [1.54, 1.807) is 6.08 Å². The molecule has 2 aliphatic rings. The number of piperidine rings is 1. The topological polar surface area (TPSA) is 61.4 Å². The number of carbonyl (C=O) groups excluding carboxylic acids is 2. The molecule has 2 N–H and O–H groups in total. The molecule has 0 spiro atoms. The van der Waals surface area contributed by atoms with Gasteiger partial charge in [-0.1, -0.05) is 37.6 Å². The lowest BCUT2D eigenvalue weighted by molar-refractivity contribution is -0.124. The van der Waals surface area contributed by atoms with E-state index in [0.29, 0.717) is 0 Å².